The summed E-state index contributed by atoms with van der Waals surface area (Å²) in [5.41, 5.74) is 0.828. The molecule has 0 aromatic carbocycles. The molecule has 3 rings (SSSR count). The molecule has 2 aromatic heterocycles. The smallest absolute Gasteiger partial charge is 0.245 e. The number of H-pyrrole nitrogens is 1. The van der Waals surface area contributed by atoms with Crippen molar-refractivity contribution in [2.75, 3.05) is 24.5 Å². The number of aromatic nitrogens is 4. The van der Waals surface area contributed by atoms with Crippen LogP contribution in [0.15, 0.2) is 4.42 Å². The first-order valence-corrected chi connectivity index (χ1v) is 6.48. The van der Waals surface area contributed by atoms with Crippen molar-refractivity contribution in [3.05, 3.63) is 11.6 Å². The van der Waals surface area contributed by atoms with E-state index in [1.54, 1.807) is 0 Å². The van der Waals surface area contributed by atoms with Crippen molar-refractivity contribution in [2.24, 2.45) is 0 Å². The Morgan fingerprint density at radius 2 is 2.16 bits per heavy atom. The van der Waals surface area contributed by atoms with Crippen LogP contribution in [-0.2, 0) is 0 Å². The van der Waals surface area contributed by atoms with Crippen LogP contribution >= 0.6 is 0 Å². The van der Waals surface area contributed by atoms with Crippen LogP contribution < -0.4 is 10.2 Å². The van der Waals surface area contributed by atoms with Crippen molar-refractivity contribution in [1.29, 1.82) is 0 Å². The second-order valence-corrected chi connectivity index (χ2v) is 4.93. The fourth-order valence-corrected chi connectivity index (χ4v) is 2.36. The molecule has 1 aliphatic rings. The van der Waals surface area contributed by atoms with Crippen molar-refractivity contribution >= 4 is 5.95 Å². The number of rotatable bonds is 2. The molecule has 0 spiro atoms. The van der Waals surface area contributed by atoms with Gasteiger partial charge in [-0.3, -0.25) is 5.10 Å². The maximum Gasteiger partial charge on any atom is 0.245 e. The van der Waals surface area contributed by atoms with E-state index < -0.39 is 0 Å². The lowest BCUT2D eigenvalue weighted by molar-refractivity contribution is 0.480. The molecule has 7 heteroatoms. The SMILES string of the molecule is Cc1nc(C)c(-c2nc(N3CCN[C@H](C)C3)n[nH]2)o1. The van der Waals surface area contributed by atoms with Gasteiger partial charge in [0, 0.05) is 32.6 Å². The Morgan fingerprint density at radius 1 is 1.32 bits per heavy atom. The zero-order valence-electron chi connectivity index (χ0n) is 11.4. The molecule has 1 saturated heterocycles. The number of oxazole rings is 1. The first kappa shape index (κ1) is 12.2. The lowest BCUT2D eigenvalue weighted by Crippen LogP contribution is -2.49. The number of nitrogens with zero attached hydrogens (tertiary/aromatic N) is 4. The van der Waals surface area contributed by atoms with Crippen LogP contribution in [-0.4, -0.2) is 45.8 Å². The number of aryl methyl sites for hydroxylation is 2. The molecule has 102 valence electrons. The summed E-state index contributed by atoms with van der Waals surface area (Å²) < 4.78 is 5.55. The lowest BCUT2D eigenvalue weighted by atomic mass is 10.2. The van der Waals surface area contributed by atoms with Crippen molar-refractivity contribution in [1.82, 2.24) is 25.5 Å². The molecule has 1 atom stereocenters. The average Bonchev–Trinajstić information content (AvgIpc) is 2.96. The van der Waals surface area contributed by atoms with Crippen molar-refractivity contribution in [3.63, 3.8) is 0 Å². The highest BCUT2D eigenvalue weighted by molar-refractivity contribution is 5.52. The van der Waals surface area contributed by atoms with E-state index in [9.17, 15) is 0 Å². The predicted molar refractivity (Wildman–Crippen MR) is 71.0 cm³/mol. The summed E-state index contributed by atoms with van der Waals surface area (Å²) in [5.74, 6) is 2.66. The standard InChI is InChI=1S/C12H18N6O/c1-7-6-18(5-4-13-7)12-15-11(16-17-12)10-8(2)14-9(3)19-10/h7,13H,4-6H2,1-3H3,(H,15,16,17)/t7-/m1/s1. The Morgan fingerprint density at radius 3 is 2.84 bits per heavy atom. The van der Waals surface area contributed by atoms with Crippen LogP contribution in [0.5, 0.6) is 0 Å². The number of anilines is 1. The third-order valence-electron chi connectivity index (χ3n) is 3.24. The number of hydrogen-bond acceptors (Lipinski definition) is 6. The van der Waals surface area contributed by atoms with Gasteiger partial charge in [0.2, 0.25) is 5.95 Å². The van der Waals surface area contributed by atoms with Gasteiger partial charge in [-0.2, -0.15) is 4.98 Å². The number of piperazine rings is 1. The first-order valence-electron chi connectivity index (χ1n) is 6.48. The summed E-state index contributed by atoms with van der Waals surface area (Å²) in [4.78, 5) is 10.9. The predicted octanol–water partition coefficient (Wildman–Crippen LogP) is 0.875. The third-order valence-corrected chi connectivity index (χ3v) is 3.24. The quantitative estimate of drug-likeness (QED) is 0.835. The molecule has 3 heterocycles. The Kier molecular flexibility index (Phi) is 2.98. The van der Waals surface area contributed by atoms with E-state index >= 15 is 0 Å². The minimum Gasteiger partial charge on any atom is -0.437 e. The summed E-state index contributed by atoms with van der Waals surface area (Å²) in [6, 6.07) is 0.449. The van der Waals surface area contributed by atoms with E-state index in [2.05, 4.69) is 37.3 Å². The van der Waals surface area contributed by atoms with Gasteiger partial charge in [0.05, 0.1) is 5.69 Å². The normalized spacial score (nSPS) is 19.9. The fraction of sp³-hybridized carbons (Fsp3) is 0.583. The van der Waals surface area contributed by atoms with Gasteiger partial charge >= 0.3 is 0 Å². The van der Waals surface area contributed by atoms with Gasteiger partial charge in [-0.25, -0.2) is 4.98 Å². The highest BCUT2D eigenvalue weighted by Gasteiger charge is 2.21. The van der Waals surface area contributed by atoms with E-state index in [0.717, 1.165) is 31.3 Å². The average molecular weight is 262 g/mol. The molecule has 0 radical (unpaired) electrons. The number of nitrogens with one attached hydrogen (secondary N) is 2. The summed E-state index contributed by atoms with van der Waals surface area (Å²) in [6.45, 7) is 8.66. The van der Waals surface area contributed by atoms with Crippen molar-refractivity contribution in [2.45, 2.75) is 26.8 Å². The molecule has 19 heavy (non-hydrogen) atoms. The van der Waals surface area contributed by atoms with Crippen molar-refractivity contribution < 1.29 is 4.42 Å². The van der Waals surface area contributed by atoms with E-state index in [1.165, 1.54) is 0 Å². The van der Waals surface area contributed by atoms with Gasteiger partial charge in [-0.1, -0.05) is 0 Å². The molecule has 1 aliphatic heterocycles. The highest BCUT2D eigenvalue weighted by Crippen LogP contribution is 2.22. The molecule has 0 aliphatic carbocycles. The van der Waals surface area contributed by atoms with Gasteiger partial charge < -0.3 is 14.6 Å². The van der Waals surface area contributed by atoms with Crippen LogP contribution in [0, 0.1) is 13.8 Å². The zero-order chi connectivity index (χ0) is 13.4. The van der Waals surface area contributed by atoms with Crippen LogP contribution in [0.1, 0.15) is 18.5 Å². The van der Waals surface area contributed by atoms with Crippen LogP contribution in [0.25, 0.3) is 11.6 Å². The monoisotopic (exact) mass is 262 g/mol. The largest absolute Gasteiger partial charge is 0.437 e. The summed E-state index contributed by atoms with van der Waals surface area (Å²) in [7, 11) is 0. The maximum absolute atomic E-state index is 5.55. The fourth-order valence-electron chi connectivity index (χ4n) is 2.36. The minimum absolute atomic E-state index is 0.449. The molecule has 0 saturated carbocycles. The molecule has 0 amide bonds. The van der Waals surface area contributed by atoms with E-state index in [0.29, 0.717) is 23.5 Å². The van der Waals surface area contributed by atoms with Gasteiger partial charge in [-0.15, -0.1) is 5.10 Å². The Balaban J connectivity index is 1.85. The van der Waals surface area contributed by atoms with Gasteiger partial charge in [0.15, 0.2) is 17.5 Å². The van der Waals surface area contributed by atoms with Crippen LogP contribution in [0.4, 0.5) is 5.95 Å². The molecule has 1 fully saturated rings. The van der Waals surface area contributed by atoms with Crippen molar-refractivity contribution in [3.8, 4) is 11.6 Å². The lowest BCUT2D eigenvalue weighted by Gasteiger charge is -2.30. The Bertz CT molecular complexity index is 575. The molecular weight excluding hydrogens is 244 g/mol. The molecular formula is C12H18N6O. The van der Waals surface area contributed by atoms with Crippen LogP contribution in [0.2, 0.25) is 0 Å². The summed E-state index contributed by atoms with van der Waals surface area (Å²) >= 11 is 0. The minimum atomic E-state index is 0.449. The highest BCUT2D eigenvalue weighted by atomic mass is 16.4. The summed E-state index contributed by atoms with van der Waals surface area (Å²) in [6.07, 6.45) is 0. The maximum atomic E-state index is 5.55. The molecule has 0 bridgehead atoms. The Labute approximate surface area is 111 Å². The number of hydrogen-bond donors (Lipinski definition) is 2. The second kappa shape index (κ2) is 4.65. The zero-order valence-corrected chi connectivity index (χ0v) is 11.4. The van der Waals surface area contributed by atoms with Crippen LogP contribution in [0.3, 0.4) is 0 Å². The topological polar surface area (TPSA) is 82.9 Å². The molecule has 7 nitrogen and oxygen atoms in total. The van der Waals surface area contributed by atoms with E-state index in [-0.39, 0.29) is 0 Å². The van der Waals surface area contributed by atoms with Gasteiger partial charge in [0.25, 0.3) is 0 Å². The van der Waals surface area contributed by atoms with E-state index in [4.69, 9.17) is 4.42 Å². The number of aromatic amines is 1. The second-order valence-electron chi connectivity index (χ2n) is 4.93. The summed E-state index contributed by atoms with van der Waals surface area (Å²) in [5, 5.41) is 10.6. The first-order chi connectivity index (χ1) is 9.13. The third kappa shape index (κ3) is 2.33. The van der Waals surface area contributed by atoms with Gasteiger partial charge in [-0.05, 0) is 13.8 Å². The van der Waals surface area contributed by atoms with E-state index in [1.807, 2.05) is 13.8 Å². The molecule has 2 N–H and O–H groups in total. The Hall–Kier alpha value is -1.89. The molecule has 0 unspecified atom stereocenters. The van der Waals surface area contributed by atoms with Gasteiger partial charge in [0.1, 0.15) is 0 Å². The molecule has 2 aromatic rings.